The molecule has 0 aromatic heterocycles. The van der Waals surface area contributed by atoms with Crippen LogP contribution in [-0.2, 0) is 15.4 Å². The van der Waals surface area contributed by atoms with Crippen LogP contribution >= 0.6 is 0 Å². The van der Waals surface area contributed by atoms with Crippen molar-refractivity contribution in [1.82, 2.24) is 0 Å². The summed E-state index contributed by atoms with van der Waals surface area (Å²) in [4.78, 5) is 9.75. The van der Waals surface area contributed by atoms with Crippen molar-refractivity contribution in [1.29, 1.82) is 0 Å². The van der Waals surface area contributed by atoms with Crippen LogP contribution in [0.25, 0.3) is 0 Å². The monoisotopic (exact) mass is 180 g/mol. The molecule has 1 aliphatic heterocycles. The van der Waals surface area contributed by atoms with Crippen LogP contribution < -0.4 is 4.74 Å². The lowest BCUT2D eigenvalue weighted by molar-refractivity contribution is -0.473. The summed E-state index contributed by atoms with van der Waals surface area (Å²) in [6.07, 6.45) is 0. The number of rotatable bonds is 2. The highest BCUT2D eigenvalue weighted by Gasteiger charge is 2.37. The second-order valence-corrected chi connectivity index (χ2v) is 3.30. The smallest absolute Gasteiger partial charge is 0.152 e. The van der Waals surface area contributed by atoms with Gasteiger partial charge in [-0.15, -0.1) is 0 Å². The van der Waals surface area contributed by atoms with Crippen molar-refractivity contribution in [2.45, 2.75) is 12.5 Å². The fourth-order valence-corrected chi connectivity index (χ4v) is 1.31. The van der Waals surface area contributed by atoms with E-state index < -0.39 is 0 Å². The van der Waals surface area contributed by atoms with E-state index in [-0.39, 0.29) is 5.60 Å². The molecule has 0 aliphatic carbocycles. The molecule has 0 radical (unpaired) electrons. The van der Waals surface area contributed by atoms with E-state index >= 15 is 0 Å². The lowest BCUT2D eigenvalue weighted by atomic mass is 9.96. The summed E-state index contributed by atoms with van der Waals surface area (Å²) in [5, 5.41) is 0. The summed E-state index contributed by atoms with van der Waals surface area (Å²) in [7, 11) is 1.65. The van der Waals surface area contributed by atoms with Gasteiger partial charge >= 0.3 is 0 Å². The van der Waals surface area contributed by atoms with Crippen molar-refractivity contribution in [3.05, 3.63) is 29.8 Å². The van der Waals surface area contributed by atoms with Crippen molar-refractivity contribution in [2.24, 2.45) is 0 Å². The van der Waals surface area contributed by atoms with Crippen LogP contribution in [0.15, 0.2) is 24.3 Å². The van der Waals surface area contributed by atoms with E-state index in [0.717, 1.165) is 11.3 Å². The van der Waals surface area contributed by atoms with E-state index in [0.29, 0.717) is 6.61 Å². The summed E-state index contributed by atoms with van der Waals surface area (Å²) in [6.45, 7) is 2.61. The van der Waals surface area contributed by atoms with Gasteiger partial charge in [-0.3, -0.25) is 0 Å². The molecule has 3 nitrogen and oxygen atoms in total. The van der Waals surface area contributed by atoms with Crippen molar-refractivity contribution in [2.75, 3.05) is 13.7 Å². The molecule has 0 saturated carbocycles. The van der Waals surface area contributed by atoms with Gasteiger partial charge in [0, 0.05) is 0 Å². The molecule has 1 fully saturated rings. The van der Waals surface area contributed by atoms with Gasteiger partial charge in [-0.05, 0) is 24.6 Å². The molecule has 3 heteroatoms. The molecule has 1 atom stereocenters. The number of hydrogen-bond acceptors (Lipinski definition) is 3. The first-order valence-corrected chi connectivity index (χ1v) is 4.20. The van der Waals surface area contributed by atoms with E-state index in [1.54, 1.807) is 7.11 Å². The van der Waals surface area contributed by atoms with Gasteiger partial charge < -0.3 is 4.74 Å². The van der Waals surface area contributed by atoms with E-state index in [1.807, 2.05) is 31.2 Å². The van der Waals surface area contributed by atoms with E-state index in [1.165, 1.54) is 0 Å². The number of hydrogen-bond donors (Lipinski definition) is 0. The zero-order valence-electron chi connectivity index (χ0n) is 7.74. The minimum absolute atomic E-state index is 0.272. The molecule has 1 saturated heterocycles. The molecule has 0 amide bonds. The fourth-order valence-electron chi connectivity index (χ4n) is 1.31. The molecule has 0 bridgehead atoms. The van der Waals surface area contributed by atoms with E-state index in [9.17, 15) is 0 Å². The zero-order chi connectivity index (χ0) is 9.31. The molecule has 0 N–H and O–H groups in total. The van der Waals surface area contributed by atoms with Crippen LogP contribution in [0.4, 0.5) is 0 Å². The lowest BCUT2D eigenvalue weighted by Crippen LogP contribution is -2.41. The Labute approximate surface area is 77.2 Å². The Morgan fingerprint density at radius 2 is 1.92 bits per heavy atom. The van der Waals surface area contributed by atoms with Crippen molar-refractivity contribution in [3.63, 3.8) is 0 Å². The SMILES string of the molecule is COc1ccc(C2(C)COO2)cc1. The molecule has 1 aromatic rings. The van der Waals surface area contributed by atoms with E-state index in [4.69, 9.17) is 14.5 Å². The molecule has 0 spiro atoms. The first-order chi connectivity index (χ1) is 6.24. The second-order valence-electron chi connectivity index (χ2n) is 3.30. The Morgan fingerprint density at radius 3 is 2.31 bits per heavy atom. The molecule has 2 rings (SSSR count). The predicted molar refractivity (Wildman–Crippen MR) is 47.4 cm³/mol. The minimum atomic E-state index is -0.272. The molecular formula is C10H12O3. The van der Waals surface area contributed by atoms with Gasteiger partial charge in [-0.25, -0.2) is 9.78 Å². The third-order valence-corrected chi connectivity index (χ3v) is 2.28. The molecular weight excluding hydrogens is 168 g/mol. The van der Waals surface area contributed by atoms with Gasteiger partial charge in [0.15, 0.2) is 5.60 Å². The van der Waals surface area contributed by atoms with Crippen LogP contribution in [-0.4, -0.2) is 13.7 Å². The molecule has 1 aliphatic rings. The molecule has 13 heavy (non-hydrogen) atoms. The number of benzene rings is 1. The van der Waals surface area contributed by atoms with Crippen LogP contribution in [0.5, 0.6) is 5.75 Å². The van der Waals surface area contributed by atoms with Crippen molar-refractivity contribution < 1.29 is 14.5 Å². The zero-order valence-corrected chi connectivity index (χ0v) is 7.74. The van der Waals surface area contributed by atoms with Gasteiger partial charge in [0.25, 0.3) is 0 Å². The highest BCUT2D eigenvalue weighted by atomic mass is 17.2. The van der Waals surface area contributed by atoms with Gasteiger partial charge in [-0.1, -0.05) is 12.1 Å². The van der Waals surface area contributed by atoms with Crippen molar-refractivity contribution in [3.8, 4) is 5.75 Å². The normalized spacial score (nSPS) is 26.6. The average molecular weight is 180 g/mol. The summed E-state index contributed by atoms with van der Waals surface area (Å²) in [6, 6.07) is 7.81. The fraction of sp³-hybridized carbons (Fsp3) is 0.400. The quantitative estimate of drug-likeness (QED) is 0.650. The number of ether oxygens (including phenoxy) is 1. The molecule has 1 heterocycles. The first-order valence-electron chi connectivity index (χ1n) is 4.20. The standard InChI is InChI=1S/C10H12O3/c1-10(7-12-13-10)8-3-5-9(11-2)6-4-8/h3-6H,7H2,1-2H3. The highest BCUT2D eigenvalue weighted by molar-refractivity contribution is 5.31. The largest absolute Gasteiger partial charge is 0.497 e. The third kappa shape index (κ3) is 1.41. The maximum atomic E-state index is 5.06. The van der Waals surface area contributed by atoms with Gasteiger partial charge in [0.1, 0.15) is 12.4 Å². The second kappa shape index (κ2) is 3.01. The van der Waals surface area contributed by atoms with E-state index in [2.05, 4.69) is 0 Å². The molecule has 70 valence electrons. The number of methoxy groups -OCH3 is 1. The van der Waals surface area contributed by atoms with Gasteiger partial charge in [-0.2, -0.15) is 0 Å². The first kappa shape index (κ1) is 8.53. The van der Waals surface area contributed by atoms with Gasteiger partial charge in [0.2, 0.25) is 0 Å². The highest BCUT2D eigenvalue weighted by Crippen LogP contribution is 2.33. The summed E-state index contributed by atoms with van der Waals surface area (Å²) in [5.41, 5.74) is 0.839. The van der Waals surface area contributed by atoms with Crippen LogP contribution in [0.3, 0.4) is 0 Å². The van der Waals surface area contributed by atoms with Crippen LogP contribution in [0.1, 0.15) is 12.5 Å². The molecule has 1 aromatic carbocycles. The maximum absolute atomic E-state index is 5.06. The lowest BCUT2D eigenvalue weighted by Gasteiger charge is -2.36. The summed E-state index contributed by atoms with van der Waals surface area (Å²) >= 11 is 0. The maximum Gasteiger partial charge on any atom is 0.152 e. The Balaban J connectivity index is 2.22. The topological polar surface area (TPSA) is 27.7 Å². The van der Waals surface area contributed by atoms with Gasteiger partial charge in [0.05, 0.1) is 7.11 Å². The Kier molecular flexibility index (Phi) is 1.98. The Morgan fingerprint density at radius 1 is 1.31 bits per heavy atom. The van der Waals surface area contributed by atoms with Crippen molar-refractivity contribution >= 4 is 0 Å². The van der Waals surface area contributed by atoms with Crippen LogP contribution in [0, 0.1) is 0 Å². The summed E-state index contributed by atoms with van der Waals surface area (Å²) < 4.78 is 5.06. The Hall–Kier alpha value is -1.06. The third-order valence-electron chi connectivity index (χ3n) is 2.28. The predicted octanol–water partition coefficient (Wildman–Crippen LogP) is 1.87. The summed E-state index contributed by atoms with van der Waals surface area (Å²) in [5.74, 6) is 0.854. The minimum Gasteiger partial charge on any atom is -0.497 e. The van der Waals surface area contributed by atoms with Crippen LogP contribution in [0.2, 0.25) is 0 Å². The molecule has 1 unspecified atom stereocenters. The Bertz CT molecular complexity index is 288. The average Bonchev–Trinajstić information content (AvgIpc) is 2.14.